The first-order chi connectivity index (χ1) is 6.15. The average molecular weight is 185 g/mol. The second-order valence-corrected chi connectivity index (χ2v) is 4.24. The van der Waals surface area contributed by atoms with Gasteiger partial charge in [0.1, 0.15) is 6.73 Å². The number of nitrogens with zero attached hydrogens (tertiary/aromatic N) is 1. The van der Waals surface area contributed by atoms with E-state index in [2.05, 4.69) is 25.7 Å². The third-order valence-corrected chi connectivity index (χ3v) is 3.21. The average Bonchev–Trinajstić information content (AvgIpc) is 2.10. The SMILES string of the molecule is CC1CN(COC=O)CC(C)C1C. The summed E-state index contributed by atoms with van der Waals surface area (Å²) in [5.74, 6) is 2.16. The van der Waals surface area contributed by atoms with Crippen LogP contribution in [0.2, 0.25) is 0 Å². The van der Waals surface area contributed by atoms with Crippen LogP contribution >= 0.6 is 0 Å². The topological polar surface area (TPSA) is 29.5 Å². The molecular formula is C10H19NO2. The Labute approximate surface area is 80.1 Å². The molecule has 1 rings (SSSR count). The van der Waals surface area contributed by atoms with Crippen LogP contribution in [0.4, 0.5) is 0 Å². The molecule has 1 aliphatic rings. The number of hydrogen-bond acceptors (Lipinski definition) is 3. The summed E-state index contributed by atoms with van der Waals surface area (Å²) in [5, 5.41) is 0. The van der Waals surface area contributed by atoms with Gasteiger partial charge in [-0.25, -0.2) is 0 Å². The van der Waals surface area contributed by atoms with Gasteiger partial charge >= 0.3 is 0 Å². The largest absolute Gasteiger partial charge is 0.452 e. The highest BCUT2D eigenvalue weighted by atomic mass is 16.5. The molecule has 2 atom stereocenters. The third-order valence-electron chi connectivity index (χ3n) is 3.21. The van der Waals surface area contributed by atoms with Gasteiger partial charge in [0.25, 0.3) is 6.47 Å². The lowest BCUT2D eigenvalue weighted by atomic mass is 9.81. The first kappa shape index (κ1) is 10.5. The van der Waals surface area contributed by atoms with Crippen molar-refractivity contribution in [2.75, 3.05) is 19.8 Å². The van der Waals surface area contributed by atoms with Gasteiger partial charge in [0.05, 0.1) is 0 Å². The van der Waals surface area contributed by atoms with Crippen LogP contribution in [0, 0.1) is 17.8 Å². The highest BCUT2D eigenvalue weighted by Crippen LogP contribution is 2.27. The van der Waals surface area contributed by atoms with Gasteiger partial charge in [-0.15, -0.1) is 0 Å². The number of carbonyl (C=O) groups excluding carboxylic acids is 1. The van der Waals surface area contributed by atoms with Gasteiger partial charge in [-0.05, 0) is 17.8 Å². The van der Waals surface area contributed by atoms with Crippen molar-refractivity contribution in [1.29, 1.82) is 0 Å². The van der Waals surface area contributed by atoms with E-state index in [0.717, 1.165) is 19.0 Å². The zero-order valence-corrected chi connectivity index (χ0v) is 8.69. The lowest BCUT2D eigenvalue weighted by Gasteiger charge is -2.39. The Kier molecular flexibility index (Phi) is 3.72. The Morgan fingerprint density at radius 3 is 2.31 bits per heavy atom. The molecule has 0 bridgehead atoms. The molecule has 2 unspecified atom stereocenters. The number of rotatable bonds is 3. The minimum absolute atomic E-state index is 0.449. The molecule has 3 heteroatoms. The Morgan fingerprint density at radius 1 is 1.31 bits per heavy atom. The second-order valence-electron chi connectivity index (χ2n) is 4.24. The monoisotopic (exact) mass is 185 g/mol. The molecule has 0 aliphatic carbocycles. The summed E-state index contributed by atoms with van der Waals surface area (Å²) in [6, 6.07) is 0. The Balaban J connectivity index is 2.39. The van der Waals surface area contributed by atoms with E-state index < -0.39 is 0 Å². The Hall–Kier alpha value is -0.570. The molecule has 0 saturated carbocycles. The van der Waals surface area contributed by atoms with E-state index in [-0.39, 0.29) is 0 Å². The molecule has 0 amide bonds. The molecule has 1 fully saturated rings. The molecule has 1 heterocycles. The molecule has 1 saturated heterocycles. The van der Waals surface area contributed by atoms with Crippen LogP contribution in [0.1, 0.15) is 20.8 Å². The van der Waals surface area contributed by atoms with Crippen molar-refractivity contribution in [3.8, 4) is 0 Å². The Bertz CT molecular complexity index is 160. The summed E-state index contributed by atoms with van der Waals surface area (Å²) >= 11 is 0. The quantitative estimate of drug-likeness (QED) is 0.621. The smallest absolute Gasteiger partial charge is 0.294 e. The van der Waals surface area contributed by atoms with Crippen LogP contribution in [-0.4, -0.2) is 31.2 Å². The first-order valence-electron chi connectivity index (χ1n) is 4.92. The van der Waals surface area contributed by atoms with Crippen molar-refractivity contribution < 1.29 is 9.53 Å². The lowest BCUT2D eigenvalue weighted by Crippen LogP contribution is -2.44. The summed E-state index contributed by atoms with van der Waals surface area (Å²) in [4.78, 5) is 12.2. The lowest BCUT2D eigenvalue weighted by molar-refractivity contribution is -0.135. The van der Waals surface area contributed by atoms with Crippen LogP contribution in [-0.2, 0) is 9.53 Å². The third kappa shape index (κ3) is 2.69. The normalized spacial score (nSPS) is 35.8. The van der Waals surface area contributed by atoms with Crippen molar-refractivity contribution in [3.63, 3.8) is 0 Å². The minimum atomic E-state index is 0.449. The van der Waals surface area contributed by atoms with Crippen molar-refractivity contribution >= 4 is 6.47 Å². The molecule has 0 aromatic rings. The summed E-state index contributed by atoms with van der Waals surface area (Å²) in [6.45, 7) is 9.87. The predicted octanol–water partition coefficient (Wildman–Crippen LogP) is 1.34. The zero-order valence-electron chi connectivity index (χ0n) is 8.69. The van der Waals surface area contributed by atoms with E-state index in [1.165, 1.54) is 0 Å². The molecule has 3 nitrogen and oxygen atoms in total. The fourth-order valence-corrected chi connectivity index (χ4v) is 2.02. The molecular weight excluding hydrogens is 166 g/mol. The van der Waals surface area contributed by atoms with Crippen molar-refractivity contribution in [1.82, 2.24) is 4.90 Å². The van der Waals surface area contributed by atoms with Gasteiger partial charge < -0.3 is 4.74 Å². The molecule has 76 valence electrons. The highest BCUT2D eigenvalue weighted by molar-refractivity contribution is 5.36. The summed E-state index contributed by atoms with van der Waals surface area (Å²) < 4.78 is 4.75. The van der Waals surface area contributed by atoms with Crippen LogP contribution in [0.3, 0.4) is 0 Å². The summed E-state index contributed by atoms with van der Waals surface area (Å²) in [6.07, 6.45) is 0. The van der Waals surface area contributed by atoms with Crippen molar-refractivity contribution in [3.05, 3.63) is 0 Å². The maximum atomic E-state index is 10.0. The summed E-state index contributed by atoms with van der Waals surface area (Å²) in [7, 11) is 0. The van der Waals surface area contributed by atoms with Crippen LogP contribution in [0.25, 0.3) is 0 Å². The van der Waals surface area contributed by atoms with Gasteiger partial charge in [-0.2, -0.15) is 0 Å². The molecule has 0 spiro atoms. The van der Waals surface area contributed by atoms with E-state index in [1.54, 1.807) is 0 Å². The van der Waals surface area contributed by atoms with Crippen LogP contribution < -0.4 is 0 Å². The van der Waals surface area contributed by atoms with Crippen molar-refractivity contribution in [2.24, 2.45) is 17.8 Å². The molecule has 0 aromatic heterocycles. The van der Waals surface area contributed by atoms with Gasteiger partial charge in [-0.1, -0.05) is 20.8 Å². The van der Waals surface area contributed by atoms with Gasteiger partial charge in [0, 0.05) is 13.1 Å². The number of carbonyl (C=O) groups is 1. The van der Waals surface area contributed by atoms with Gasteiger partial charge in [0.2, 0.25) is 0 Å². The maximum Gasteiger partial charge on any atom is 0.294 e. The van der Waals surface area contributed by atoms with E-state index in [1.807, 2.05) is 0 Å². The van der Waals surface area contributed by atoms with Crippen LogP contribution in [0.5, 0.6) is 0 Å². The molecule has 0 N–H and O–H groups in total. The van der Waals surface area contributed by atoms with E-state index in [4.69, 9.17) is 4.74 Å². The number of likely N-dealkylation sites (tertiary alicyclic amines) is 1. The number of ether oxygens (including phenoxy) is 1. The second kappa shape index (κ2) is 4.61. The minimum Gasteiger partial charge on any atom is -0.452 e. The molecule has 0 aromatic carbocycles. The molecule has 13 heavy (non-hydrogen) atoms. The predicted molar refractivity (Wildman–Crippen MR) is 51.1 cm³/mol. The van der Waals surface area contributed by atoms with Gasteiger partial charge in [-0.3, -0.25) is 9.69 Å². The number of hydrogen-bond donors (Lipinski definition) is 0. The van der Waals surface area contributed by atoms with E-state index >= 15 is 0 Å². The number of piperidine rings is 1. The standard InChI is InChI=1S/C10H19NO2/c1-8-4-11(6-13-7-12)5-9(2)10(8)3/h7-10H,4-6H2,1-3H3. The van der Waals surface area contributed by atoms with E-state index in [9.17, 15) is 4.79 Å². The first-order valence-corrected chi connectivity index (χ1v) is 4.92. The Morgan fingerprint density at radius 2 is 1.85 bits per heavy atom. The van der Waals surface area contributed by atoms with Gasteiger partial charge in [0.15, 0.2) is 0 Å². The maximum absolute atomic E-state index is 10.0. The molecule has 0 radical (unpaired) electrons. The fourth-order valence-electron chi connectivity index (χ4n) is 2.02. The van der Waals surface area contributed by atoms with Crippen LogP contribution in [0.15, 0.2) is 0 Å². The highest BCUT2D eigenvalue weighted by Gasteiger charge is 2.28. The zero-order chi connectivity index (χ0) is 9.84. The fraction of sp³-hybridized carbons (Fsp3) is 0.900. The summed E-state index contributed by atoms with van der Waals surface area (Å²) in [5.41, 5.74) is 0. The van der Waals surface area contributed by atoms with Crippen molar-refractivity contribution in [2.45, 2.75) is 20.8 Å². The van der Waals surface area contributed by atoms with E-state index in [0.29, 0.717) is 25.0 Å². The molecule has 1 aliphatic heterocycles.